The Labute approximate surface area is 110 Å². The third-order valence-electron chi connectivity index (χ3n) is 3.49. The van der Waals surface area contributed by atoms with Gasteiger partial charge in [0.1, 0.15) is 0 Å². The number of likely N-dealkylation sites (N-methyl/N-ethyl adjacent to an activating group) is 1. The molecule has 0 aromatic carbocycles. The number of rotatable bonds is 6. The summed E-state index contributed by atoms with van der Waals surface area (Å²) in [4.78, 5) is 0. The maximum atomic E-state index is 6.27. The second-order valence-corrected chi connectivity index (χ2v) is 5.29. The van der Waals surface area contributed by atoms with E-state index < -0.39 is 0 Å². The monoisotopic (exact) mass is 257 g/mol. The van der Waals surface area contributed by atoms with Crippen molar-refractivity contribution in [2.45, 2.75) is 46.1 Å². The summed E-state index contributed by atoms with van der Waals surface area (Å²) < 4.78 is 1.90. The number of hydrogen-bond acceptors (Lipinski definition) is 2. The predicted molar refractivity (Wildman–Crippen MR) is 73.6 cm³/mol. The van der Waals surface area contributed by atoms with E-state index in [1.165, 1.54) is 12.8 Å². The maximum absolute atomic E-state index is 6.27. The van der Waals surface area contributed by atoms with E-state index in [2.05, 4.69) is 24.3 Å². The lowest BCUT2D eigenvalue weighted by Gasteiger charge is -2.20. The number of aryl methyl sites for hydroxylation is 2. The molecule has 1 N–H and O–H groups in total. The molecule has 4 heteroatoms. The molecule has 17 heavy (non-hydrogen) atoms. The Morgan fingerprint density at radius 2 is 2.12 bits per heavy atom. The zero-order valence-corrected chi connectivity index (χ0v) is 12.3. The van der Waals surface area contributed by atoms with E-state index in [4.69, 9.17) is 11.6 Å². The summed E-state index contributed by atoms with van der Waals surface area (Å²) in [5.74, 6) is 0.737. The van der Waals surface area contributed by atoms with E-state index in [9.17, 15) is 0 Å². The number of halogens is 1. The average molecular weight is 258 g/mol. The van der Waals surface area contributed by atoms with Crippen molar-refractivity contribution >= 4 is 11.6 Å². The summed E-state index contributed by atoms with van der Waals surface area (Å²) >= 11 is 6.27. The van der Waals surface area contributed by atoms with Crippen molar-refractivity contribution in [3.63, 3.8) is 0 Å². The first-order valence-corrected chi connectivity index (χ1v) is 6.72. The maximum Gasteiger partial charge on any atom is 0.0847 e. The second kappa shape index (κ2) is 6.41. The van der Waals surface area contributed by atoms with Gasteiger partial charge in [-0.15, -0.1) is 0 Å². The zero-order chi connectivity index (χ0) is 13.0. The molecule has 1 heterocycles. The van der Waals surface area contributed by atoms with Gasteiger partial charge in [-0.05, 0) is 26.3 Å². The summed E-state index contributed by atoms with van der Waals surface area (Å²) in [6.07, 6.45) is 3.33. The van der Waals surface area contributed by atoms with Gasteiger partial charge in [-0.25, -0.2) is 0 Å². The largest absolute Gasteiger partial charge is 0.317 e. The highest BCUT2D eigenvalue weighted by Gasteiger charge is 2.17. The van der Waals surface area contributed by atoms with Crippen LogP contribution in [0.15, 0.2) is 0 Å². The Kier molecular flexibility index (Phi) is 5.47. The fraction of sp³-hybridized carbons (Fsp3) is 0.769. The van der Waals surface area contributed by atoms with Crippen molar-refractivity contribution < 1.29 is 0 Å². The molecule has 98 valence electrons. The second-order valence-electron chi connectivity index (χ2n) is 4.91. The van der Waals surface area contributed by atoms with Gasteiger partial charge >= 0.3 is 0 Å². The molecule has 0 aliphatic heterocycles. The molecule has 1 aromatic rings. The van der Waals surface area contributed by atoms with Crippen molar-refractivity contribution in [1.82, 2.24) is 15.1 Å². The Bertz CT molecular complexity index is 360. The summed E-state index contributed by atoms with van der Waals surface area (Å²) in [6, 6.07) is 0.470. The van der Waals surface area contributed by atoms with Gasteiger partial charge in [-0.2, -0.15) is 5.10 Å². The van der Waals surface area contributed by atoms with E-state index in [0.29, 0.717) is 6.04 Å². The molecule has 0 aliphatic carbocycles. The molecule has 0 fully saturated rings. The summed E-state index contributed by atoms with van der Waals surface area (Å²) in [5.41, 5.74) is 2.05. The third-order valence-corrected chi connectivity index (χ3v) is 3.99. The van der Waals surface area contributed by atoms with E-state index in [-0.39, 0.29) is 0 Å². The lowest BCUT2D eigenvalue weighted by atomic mass is 9.96. The molecule has 1 aromatic heterocycles. The summed E-state index contributed by atoms with van der Waals surface area (Å²) in [7, 11) is 3.98. The topological polar surface area (TPSA) is 29.9 Å². The van der Waals surface area contributed by atoms with Crippen molar-refractivity contribution in [2.75, 3.05) is 7.05 Å². The van der Waals surface area contributed by atoms with E-state index in [1.807, 2.05) is 25.7 Å². The molecule has 0 amide bonds. The molecule has 0 bridgehead atoms. The van der Waals surface area contributed by atoms with Crippen molar-refractivity contribution in [3.05, 3.63) is 16.4 Å². The van der Waals surface area contributed by atoms with Gasteiger partial charge in [-0.3, -0.25) is 4.68 Å². The zero-order valence-electron chi connectivity index (χ0n) is 11.5. The number of nitrogens with one attached hydrogen (secondary N) is 1. The van der Waals surface area contributed by atoms with Crippen LogP contribution in [0.1, 0.15) is 38.1 Å². The first-order valence-electron chi connectivity index (χ1n) is 6.34. The van der Waals surface area contributed by atoms with Crippen molar-refractivity contribution in [1.29, 1.82) is 0 Å². The van der Waals surface area contributed by atoms with Crippen LogP contribution in [-0.4, -0.2) is 22.9 Å². The minimum Gasteiger partial charge on any atom is -0.317 e. The standard InChI is InChI=1S/C13H24ClN3/c1-6-9(2)7-11(15-4)8-12-13(14)10(3)16-17(12)5/h9,11,15H,6-8H2,1-5H3. The first-order chi connectivity index (χ1) is 7.99. The molecule has 0 aliphatic rings. The SMILES string of the molecule is CCC(C)CC(Cc1c(Cl)c(C)nn1C)NC. The van der Waals surface area contributed by atoms with Crippen LogP contribution in [0.25, 0.3) is 0 Å². The quantitative estimate of drug-likeness (QED) is 0.849. The molecule has 0 spiro atoms. The smallest absolute Gasteiger partial charge is 0.0847 e. The molecule has 1 rings (SSSR count). The molecular weight excluding hydrogens is 234 g/mol. The number of nitrogens with zero attached hydrogens (tertiary/aromatic N) is 2. The number of aromatic nitrogens is 2. The van der Waals surface area contributed by atoms with Crippen molar-refractivity contribution in [2.24, 2.45) is 13.0 Å². The fourth-order valence-corrected chi connectivity index (χ4v) is 2.33. The average Bonchev–Trinajstić information content (AvgIpc) is 2.54. The van der Waals surface area contributed by atoms with E-state index >= 15 is 0 Å². The molecule has 2 atom stereocenters. The molecular formula is C13H24ClN3. The van der Waals surface area contributed by atoms with E-state index in [0.717, 1.165) is 28.7 Å². The number of hydrogen-bond donors (Lipinski definition) is 1. The molecule has 0 saturated carbocycles. The fourth-order valence-electron chi connectivity index (χ4n) is 2.09. The highest BCUT2D eigenvalue weighted by molar-refractivity contribution is 6.31. The Morgan fingerprint density at radius 3 is 2.53 bits per heavy atom. The lowest BCUT2D eigenvalue weighted by Crippen LogP contribution is -2.30. The molecule has 3 nitrogen and oxygen atoms in total. The highest BCUT2D eigenvalue weighted by atomic mass is 35.5. The van der Waals surface area contributed by atoms with Gasteiger partial charge in [-0.1, -0.05) is 31.9 Å². The minimum atomic E-state index is 0.470. The first kappa shape index (κ1) is 14.5. The highest BCUT2D eigenvalue weighted by Crippen LogP contribution is 2.22. The Hall–Kier alpha value is -0.540. The van der Waals surface area contributed by atoms with Crippen LogP contribution in [0, 0.1) is 12.8 Å². The van der Waals surface area contributed by atoms with E-state index in [1.54, 1.807) is 0 Å². The molecule has 0 saturated heterocycles. The third kappa shape index (κ3) is 3.71. The van der Waals surface area contributed by atoms with Gasteiger partial charge < -0.3 is 5.32 Å². The van der Waals surface area contributed by atoms with Crippen LogP contribution in [0.2, 0.25) is 5.02 Å². The van der Waals surface area contributed by atoms with Gasteiger partial charge in [0.2, 0.25) is 0 Å². The Balaban J connectivity index is 2.73. The molecule has 2 unspecified atom stereocenters. The van der Waals surface area contributed by atoms with Gasteiger partial charge in [0, 0.05) is 19.5 Å². The van der Waals surface area contributed by atoms with Crippen molar-refractivity contribution in [3.8, 4) is 0 Å². The van der Waals surface area contributed by atoms with Crippen LogP contribution in [0.5, 0.6) is 0 Å². The van der Waals surface area contributed by atoms with Gasteiger partial charge in [0.05, 0.1) is 16.4 Å². The van der Waals surface area contributed by atoms with Crippen LogP contribution >= 0.6 is 11.6 Å². The Morgan fingerprint density at radius 1 is 1.47 bits per heavy atom. The van der Waals surface area contributed by atoms with Crippen LogP contribution < -0.4 is 5.32 Å². The normalized spacial score (nSPS) is 14.9. The van der Waals surface area contributed by atoms with Crippen LogP contribution in [0.3, 0.4) is 0 Å². The minimum absolute atomic E-state index is 0.470. The summed E-state index contributed by atoms with van der Waals surface area (Å²) in [6.45, 7) is 6.48. The van der Waals surface area contributed by atoms with Crippen LogP contribution in [-0.2, 0) is 13.5 Å². The summed E-state index contributed by atoms with van der Waals surface area (Å²) in [5, 5.41) is 8.55. The molecule has 0 radical (unpaired) electrons. The van der Waals surface area contributed by atoms with Gasteiger partial charge in [0.15, 0.2) is 0 Å². The van der Waals surface area contributed by atoms with Gasteiger partial charge in [0.25, 0.3) is 0 Å². The van der Waals surface area contributed by atoms with Crippen LogP contribution in [0.4, 0.5) is 0 Å². The lowest BCUT2D eigenvalue weighted by molar-refractivity contribution is 0.404. The predicted octanol–water partition coefficient (Wildman–Crippen LogP) is 2.95.